The van der Waals surface area contributed by atoms with Crippen LogP contribution in [-0.4, -0.2) is 11.4 Å². The molecule has 22 heavy (non-hydrogen) atoms. The van der Waals surface area contributed by atoms with Crippen molar-refractivity contribution in [2.24, 2.45) is 15.9 Å². The van der Waals surface area contributed by atoms with Crippen LogP contribution in [0.2, 0.25) is 0 Å². The van der Waals surface area contributed by atoms with Crippen LogP contribution in [0.5, 0.6) is 0 Å². The molecule has 0 aliphatic carbocycles. The second-order valence-electron chi connectivity index (χ2n) is 4.31. The first kappa shape index (κ1) is 16.3. The van der Waals surface area contributed by atoms with Crippen molar-refractivity contribution in [3.8, 4) is 6.07 Å². The molecule has 2 aromatic carbocycles. The fraction of sp³-hybridized carbons (Fsp3) is 0.0625. The fourth-order valence-corrected chi connectivity index (χ4v) is 2.71. The Labute approximate surface area is 141 Å². The number of nitrogens with two attached hydrogens (primary N) is 1. The molecule has 0 saturated heterocycles. The van der Waals surface area contributed by atoms with Gasteiger partial charge in [0.2, 0.25) is 0 Å². The number of hydrogen-bond acceptors (Lipinski definition) is 4. The van der Waals surface area contributed by atoms with E-state index in [1.54, 1.807) is 18.3 Å². The average Bonchev–Trinajstić information content (AvgIpc) is 2.54. The van der Waals surface area contributed by atoms with Crippen LogP contribution < -0.4 is 5.73 Å². The number of rotatable bonds is 4. The van der Waals surface area contributed by atoms with E-state index in [9.17, 15) is 0 Å². The molecule has 0 atom stereocenters. The van der Waals surface area contributed by atoms with Crippen LogP contribution >= 0.6 is 27.7 Å². The largest absolute Gasteiger partial charge is 0.377 e. The number of nitriles is 1. The molecule has 0 spiro atoms. The minimum Gasteiger partial charge on any atom is -0.377 e. The molecule has 6 heteroatoms. The lowest BCUT2D eigenvalue weighted by Crippen LogP contribution is -2.05. The van der Waals surface area contributed by atoms with Crippen LogP contribution in [0.3, 0.4) is 0 Å². The highest BCUT2D eigenvalue weighted by Crippen LogP contribution is 2.17. The smallest absolute Gasteiger partial charge is 0.180 e. The molecule has 2 aromatic rings. The number of halogens is 1. The van der Waals surface area contributed by atoms with Gasteiger partial charge in [-0.05, 0) is 39.2 Å². The van der Waals surface area contributed by atoms with E-state index in [1.807, 2.05) is 36.4 Å². The van der Waals surface area contributed by atoms with E-state index in [0.717, 1.165) is 15.8 Å². The first-order chi connectivity index (χ1) is 10.7. The molecule has 0 aromatic heterocycles. The SMILES string of the molecule is N#Cc1ccc(C=NN=C(N)SCc2ccccc2)cc1Br. The Bertz CT molecular complexity index is 736. The molecule has 2 N–H and O–H groups in total. The van der Waals surface area contributed by atoms with Crippen molar-refractivity contribution in [1.82, 2.24) is 0 Å². The number of benzene rings is 2. The van der Waals surface area contributed by atoms with E-state index in [-0.39, 0.29) is 0 Å². The summed E-state index contributed by atoms with van der Waals surface area (Å²) in [5, 5.41) is 17.2. The van der Waals surface area contributed by atoms with Crippen LogP contribution in [0, 0.1) is 11.3 Å². The molecule has 0 fully saturated rings. The lowest BCUT2D eigenvalue weighted by atomic mass is 10.2. The quantitative estimate of drug-likeness (QED) is 0.502. The molecule has 4 nitrogen and oxygen atoms in total. The van der Waals surface area contributed by atoms with Gasteiger partial charge in [0.15, 0.2) is 5.17 Å². The Morgan fingerprint density at radius 3 is 2.73 bits per heavy atom. The van der Waals surface area contributed by atoms with Crippen molar-refractivity contribution in [1.29, 1.82) is 5.26 Å². The summed E-state index contributed by atoms with van der Waals surface area (Å²) in [4.78, 5) is 0. The third-order valence-corrected chi connectivity index (χ3v) is 4.22. The highest BCUT2D eigenvalue weighted by atomic mass is 79.9. The molecule has 0 bridgehead atoms. The summed E-state index contributed by atoms with van der Waals surface area (Å²) in [5.74, 6) is 0.758. The lowest BCUT2D eigenvalue weighted by molar-refractivity contribution is 1.25. The van der Waals surface area contributed by atoms with E-state index in [0.29, 0.717) is 10.7 Å². The van der Waals surface area contributed by atoms with E-state index < -0.39 is 0 Å². The summed E-state index contributed by atoms with van der Waals surface area (Å²) >= 11 is 4.77. The Hall–Kier alpha value is -2.10. The zero-order valence-corrected chi connectivity index (χ0v) is 14.0. The zero-order valence-electron chi connectivity index (χ0n) is 11.6. The second-order valence-corrected chi connectivity index (χ2v) is 6.16. The number of thioether (sulfide) groups is 1. The molecular weight excluding hydrogens is 360 g/mol. The van der Waals surface area contributed by atoms with Gasteiger partial charge >= 0.3 is 0 Å². The molecule has 0 aliphatic rings. The molecule has 110 valence electrons. The molecule has 0 aliphatic heterocycles. The molecular formula is C16H13BrN4S. The summed E-state index contributed by atoms with van der Waals surface area (Å²) in [6, 6.07) is 17.5. The zero-order chi connectivity index (χ0) is 15.8. The highest BCUT2D eigenvalue weighted by molar-refractivity contribution is 9.10. The van der Waals surface area contributed by atoms with Crippen molar-refractivity contribution in [2.75, 3.05) is 0 Å². The molecule has 0 heterocycles. The third kappa shape index (κ3) is 5.02. The van der Waals surface area contributed by atoms with Crippen molar-refractivity contribution >= 4 is 39.1 Å². The van der Waals surface area contributed by atoms with Gasteiger partial charge in [-0.2, -0.15) is 10.4 Å². The van der Waals surface area contributed by atoms with E-state index in [4.69, 9.17) is 11.0 Å². The van der Waals surface area contributed by atoms with Crippen LogP contribution in [0.15, 0.2) is 63.2 Å². The summed E-state index contributed by atoms with van der Waals surface area (Å²) in [5.41, 5.74) is 8.42. The van der Waals surface area contributed by atoms with Gasteiger partial charge in [0, 0.05) is 10.2 Å². The van der Waals surface area contributed by atoms with Crippen molar-refractivity contribution in [2.45, 2.75) is 5.75 Å². The first-order valence-electron chi connectivity index (χ1n) is 6.42. The van der Waals surface area contributed by atoms with Crippen molar-refractivity contribution in [3.63, 3.8) is 0 Å². The van der Waals surface area contributed by atoms with Gasteiger partial charge in [0.25, 0.3) is 0 Å². The van der Waals surface area contributed by atoms with Crippen LogP contribution in [0.4, 0.5) is 0 Å². The topological polar surface area (TPSA) is 74.5 Å². The standard InChI is InChI=1S/C16H13BrN4S/c17-15-8-13(6-7-14(15)9-18)10-20-21-16(19)22-11-12-4-2-1-3-5-12/h1-8,10H,11H2,(H2,19,21). The number of hydrogen-bond donors (Lipinski definition) is 1. The van der Waals surface area contributed by atoms with Crippen molar-refractivity contribution in [3.05, 3.63) is 69.7 Å². The lowest BCUT2D eigenvalue weighted by Gasteiger charge is -1.99. The Morgan fingerprint density at radius 2 is 2.05 bits per heavy atom. The van der Waals surface area contributed by atoms with Crippen molar-refractivity contribution < 1.29 is 0 Å². The van der Waals surface area contributed by atoms with Gasteiger partial charge < -0.3 is 5.73 Å². The summed E-state index contributed by atoms with van der Waals surface area (Å²) in [7, 11) is 0. The molecule has 0 unspecified atom stereocenters. The average molecular weight is 373 g/mol. The fourth-order valence-electron chi connectivity index (χ4n) is 1.62. The molecule has 0 saturated carbocycles. The van der Waals surface area contributed by atoms with Crippen LogP contribution in [0.25, 0.3) is 0 Å². The predicted octanol–water partition coefficient (Wildman–Crippen LogP) is 3.90. The van der Waals surface area contributed by atoms with Gasteiger partial charge in [0.05, 0.1) is 11.8 Å². The van der Waals surface area contributed by atoms with Crippen LogP contribution in [0.1, 0.15) is 16.7 Å². The van der Waals surface area contributed by atoms with Gasteiger partial charge in [-0.25, -0.2) is 0 Å². The molecule has 0 radical (unpaired) electrons. The van der Waals surface area contributed by atoms with Gasteiger partial charge in [-0.1, -0.05) is 48.2 Å². The predicted molar refractivity (Wildman–Crippen MR) is 95.8 cm³/mol. The van der Waals surface area contributed by atoms with Crippen LogP contribution in [-0.2, 0) is 5.75 Å². The first-order valence-corrected chi connectivity index (χ1v) is 8.20. The van der Waals surface area contributed by atoms with Gasteiger partial charge in [-0.3, -0.25) is 0 Å². The number of amidine groups is 1. The van der Waals surface area contributed by atoms with Gasteiger partial charge in [-0.15, -0.1) is 5.10 Å². The van der Waals surface area contributed by atoms with E-state index in [2.05, 4.69) is 32.2 Å². The third-order valence-electron chi connectivity index (χ3n) is 2.71. The molecule has 0 amide bonds. The maximum absolute atomic E-state index is 8.86. The number of nitrogens with zero attached hydrogens (tertiary/aromatic N) is 3. The van der Waals surface area contributed by atoms with E-state index in [1.165, 1.54) is 17.3 Å². The maximum atomic E-state index is 8.86. The highest BCUT2D eigenvalue weighted by Gasteiger charge is 1.99. The summed E-state index contributed by atoms with van der Waals surface area (Å²) in [6.07, 6.45) is 1.60. The monoisotopic (exact) mass is 372 g/mol. The Morgan fingerprint density at radius 1 is 1.27 bits per heavy atom. The maximum Gasteiger partial charge on any atom is 0.180 e. The minimum atomic E-state index is 0.410. The summed E-state index contributed by atoms with van der Waals surface area (Å²) in [6.45, 7) is 0. The molecule has 2 rings (SSSR count). The van der Waals surface area contributed by atoms with Gasteiger partial charge in [0.1, 0.15) is 6.07 Å². The Kier molecular flexibility index (Phi) is 6.19. The van der Waals surface area contributed by atoms with E-state index >= 15 is 0 Å². The Balaban J connectivity index is 1.93. The normalized spacial score (nSPS) is 11.5. The minimum absolute atomic E-state index is 0.410. The second kappa shape index (κ2) is 8.37. The summed E-state index contributed by atoms with van der Waals surface area (Å²) < 4.78 is 0.731.